The lowest BCUT2D eigenvalue weighted by Gasteiger charge is -2.16. The highest BCUT2D eigenvalue weighted by Gasteiger charge is 2.15. The number of nitrogens with one attached hydrogen (secondary N) is 2. The Labute approximate surface area is 149 Å². The summed E-state index contributed by atoms with van der Waals surface area (Å²) in [7, 11) is 0. The number of rotatable bonds is 8. The van der Waals surface area contributed by atoms with Crippen molar-refractivity contribution in [1.82, 2.24) is 10.6 Å². The van der Waals surface area contributed by atoms with Crippen LogP contribution in [0.15, 0.2) is 30.3 Å². The summed E-state index contributed by atoms with van der Waals surface area (Å²) in [4.78, 5) is 35.7. The molecule has 25 heavy (non-hydrogen) atoms. The van der Waals surface area contributed by atoms with Crippen molar-refractivity contribution in [3.05, 3.63) is 35.9 Å². The fourth-order valence-electron chi connectivity index (χ4n) is 3.12. The molecule has 1 aromatic carbocycles. The van der Waals surface area contributed by atoms with Gasteiger partial charge in [0.1, 0.15) is 0 Å². The Bertz CT molecular complexity index is 564. The highest BCUT2D eigenvalue weighted by atomic mass is 16.2. The monoisotopic (exact) mass is 344 g/mol. The zero-order valence-electron chi connectivity index (χ0n) is 14.8. The van der Waals surface area contributed by atoms with Crippen molar-refractivity contribution in [2.45, 2.75) is 63.8 Å². The SMILES string of the molecule is O=C(CCC(=O)c1ccccc1)NCCC(=O)NC1CCCCCC1. The minimum Gasteiger partial charge on any atom is -0.356 e. The minimum atomic E-state index is -0.188. The third-order valence-corrected chi connectivity index (χ3v) is 4.57. The molecule has 1 aliphatic carbocycles. The van der Waals surface area contributed by atoms with E-state index in [2.05, 4.69) is 10.6 Å². The summed E-state index contributed by atoms with van der Waals surface area (Å²) >= 11 is 0. The Kier molecular flexibility index (Phi) is 8.16. The molecule has 2 amide bonds. The number of hydrogen-bond donors (Lipinski definition) is 2. The highest BCUT2D eigenvalue weighted by molar-refractivity contribution is 5.97. The lowest BCUT2D eigenvalue weighted by molar-refractivity contribution is -0.122. The maximum atomic E-state index is 11.9. The Balaban J connectivity index is 1.58. The molecule has 2 N–H and O–H groups in total. The fourth-order valence-corrected chi connectivity index (χ4v) is 3.12. The molecule has 1 aliphatic rings. The molecule has 1 fully saturated rings. The van der Waals surface area contributed by atoms with Gasteiger partial charge < -0.3 is 10.6 Å². The van der Waals surface area contributed by atoms with E-state index in [-0.39, 0.29) is 42.9 Å². The Hall–Kier alpha value is -2.17. The molecule has 0 spiro atoms. The van der Waals surface area contributed by atoms with Gasteiger partial charge in [0.05, 0.1) is 0 Å². The van der Waals surface area contributed by atoms with Gasteiger partial charge in [0.15, 0.2) is 5.78 Å². The van der Waals surface area contributed by atoms with E-state index < -0.39 is 0 Å². The molecule has 5 nitrogen and oxygen atoms in total. The van der Waals surface area contributed by atoms with Crippen LogP contribution in [0.2, 0.25) is 0 Å². The number of hydrogen-bond acceptors (Lipinski definition) is 3. The Morgan fingerprint density at radius 2 is 1.52 bits per heavy atom. The third kappa shape index (κ3) is 7.50. The molecule has 0 atom stereocenters. The minimum absolute atomic E-state index is 0.00689. The van der Waals surface area contributed by atoms with Crippen LogP contribution in [-0.2, 0) is 9.59 Å². The van der Waals surface area contributed by atoms with Gasteiger partial charge in [0.25, 0.3) is 0 Å². The van der Waals surface area contributed by atoms with Crippen LogP contribution in [0.5, 0.6) is 0 Å². The van der Waals surface area contributed by atoms with E-state index in [0.717, 1.165) is 12.8 Å². The van der Waals surface area contributed by atoms with Crippen LogP contribution in [0.3, 0.4) is 0 Å². The first-order valence-electron chi connectivity index (χ1n) is 9.29. The number of amides is 2. The van der Waals surface area contributed by atoms with Crippen LogP contribution in [-0.4, -0.2) is 30.2 Å². The summed E-state index contributed by atoms with van der Waals surface area (Å²) in [5, 5.41) is 5.78. The number of carbonyl (C=O) groups excluding carboxylic acids is 3. The second-order valence-electron chi connectivity index (χ2n) is 6.65. The van der Waals surface area contributed by atoms with Gasteiger partial charge in [-0.3, -0.25) is 14.4 Å². The van der Waals surface area contributed by atoms with E-state index >= 15 is 0 Å². The third-order valence-electron chi connectivity index (χ3n) is 4.57. The summed E-state index contributed by atoms with van der Waals surface area (Å²) in [5.41, 5.74) is 0.623. The zero-order chi connectivity index (χ0) is 17.9. The van der Waals surface area contributed by atoms with Crippen molar-refractivity contribution < 1.29 is 14.4 Å². The van der Waals surface area contributed by atoms with Crippen molar-refractivity contribution in [2.24, 2.45) is 0 Å². The van der Waals surface area contributed by atoms with Crippen LogP contribution in [0.1, 0.15) is 68.1 Å². The molecule has 0 radical (unpaired) electrons. The van der Waals surface area contributed by atoms with Crippen LogP contribution < -0.4 is 10.6 Å². The largest absolute Gasteiger partial charge is 0.356 e. The number of benzene rings is 1. The average Bonchev–Trinajstić information content (AvgIpc) is 2.89. The van der Waals surface area contributed by atoms with Gasteiger partial charge in [-0.1, -0.05) is 56.0 Å². The molecule has 1 saturated carbocycles. The van der Waals surface area contributed by atoms with Crippen LogP contribution in [0.4, 0.5) is 0 Å². The van der Waals surface area contributed by atoms with Crippen molar-refractivity contribution >= 4 is 17.6 Å². The molecule has 1 aromatic rings. The zero-order valence-corrected chi connectivity index (χ0v) is 14.8. The molecule has 0 heterocycles. The van der Waals surface area contributed by atoms with E-state index in [1.54, 1.807) is 24.3 Å². The second-order valence-corrected chi connectivity index (χ2v) is 6.65. The molecule has 5 heteroatoms. The van der Waals surface area contributed by atoms with Gasteiger partial charge in [0, 0.05) is 37.4 Å². The van der Waals surface area contributed by atoms with Gasteiger partial charge in [-0.05, 0) is 12.8 Å². The van der Waals surface area contributed by atoms with Crippen LogP contribution >= 0.6 is 0 Å². The van der Waals surface area contributed by atoms with E-state index in [4.69, 9.17) is 0 Å². The van der Waals surface area contributed by atoms with Gasteiger partial charge in [0.2, 0.25) is 11.8 Å². The first-order chi connectivity index (χ1) is 12.1. The quantitative estimate of drug-likeness (QED) is 0.562. The normalized spacial score (nSPS) is 15.2. The van der Waals surface area contributed by atoms with Crippen molar-refractivity contribution in [2.75, 3.05) is 6.54 Å². The maximum absolute atomic E-state index is 11.9. The number of ketones is 1. The maximum Gasteiger partial charge on any atom is 0.221 e. The number of Topliss-reactive ketones (excluding diaryl/α,β-unsaturated/α-hetero) is 1. The molecule has 0 saturated heterocycles. The van der Waals surface area contributed by atoms with Gasteiger partial charge >= 0.3 is 0 Å². The predicted octanol–water partition coefficient (Wildman–Crippen LogP) is 2.99. The molecular weight excluding hydrogens is 316 g/mol. The van der Waals surface area contributed by atoms with Crippen molar-refractivity contribution in [1.29, 1.82) is 0 Å². The summed E-state index contributed by atoms with van der Waals surface area (Å²) in [6.07, 6.45) is 7.60. The first-order valence-corrected chi connectivity index (χ1v) is 9.29. The van der Waals surface area contributed by atoms with E-state index in [1.807, 2.05) is 6.07 Å². The van der Waals surface area contributed by atoms with Crippen LogP contribution in [0.25, 0.3) is 0 Å². The Morgan fingerprint density at radius 1 is 0.840 bits per heavy atom. The second kappa shape index (κ2) is 10.6. The molecular formula is C20H28N2O3. The van der Waals surface area contributed by atoms with Gasteiger partial charge in [-0.2, -0.15) is 0 Å². The molecule has 0 aliphatic heterocycles. The number of carbonyl (C=O) groups is 3. The summed E-state index contributed by atoms with van der Waals surface area (Å²) < 4.78 is 0. The lowest BCUT2D eigenvalue weighted by atomic mass is 10.1. The summed E-state index contributed by atoms with van der Waals surface area (Å²) in [6, 6.07) is 9.24. The van der Waals surface area contributed by atoms with E-state index in [0.29, 0.717) is 12.1 Å². The van der Waals surface area contributed by atoms with Crippen molar-refractivity contribution in [3.8, 4) is 0 Å². The predicted molar refractivity (Wildman–Crippen MR) is 97.3 cm³/mol. The first kappa shape index (κ1) is 19.2. The average molecular weight is 344 g/mol. The molecule has 0 aromatic heterocycles. The van der Waals surface area contributed by atoms with Gasteiger partial charge in [-0.25, -0.2) is 0 Å². The van der Waals surface area contributed by atoms with E-state index in [1.165, 1.54) is 25.7 Å². The molecule has 0 unspecified atom stereocenters. The summed E-state index contributed by atoms with van der Waals surface area (Å²) in [6.45, 7) is 0.316. The Morgan fingerprint density at radius 3 is 2.20 bits per heavy atom. The fraction of sp³-hybridized carbons (Fsp3) is 0.550. The highest BCUT2D eigenvalue weighted by Crippen LogP contribution is 2.17. The van der Waals surface area contributed by atoms with Crippen LogP contribution in [0, 0.1) is 0 Å². The molecule has 136 valence electrons. The van der Waals surface area contributed by atoms with Gasteiger partial charge in [-0.15, -0.1) is 0 Å². The van der Waals surface area contributed by atoms with Crippen molar-refractivity contribution in [3.63, 3.8) is 0 Å². The topological polar surface area (TPSA) is 75.3 Å². The van der Waals surface area contributed by atoms with E-state index in [9.17, 15) is 14.4 Å². The smallest absolute Gasteiger partial charge is 0.221 e. The standard InChI is InChI=1S/C20H28N2O3/c23-18(16-8-4-3-5-9-16)12-13-19(24)21-15-14-20(25)22-17-10-6-1-2-7-11-17/h3-5,8-9,17H,1-2,6-7,10-15H2,(H,21,24)(H,22,25). The summed E-state index contributed by atoms with van der Waals surface area (Å²) in [5.74, 6) is -0.235. The molecule has 2 rings (SSSR count). The molecule has 0 bridgehead atoms. The lowest BCUT2D eigenvalue weighted by Crippen LogP contribution is -2.36.